The van der Waals surface area contributed by atoms with E-state index in [1.165, 1.54) is 12.1 Å². The second-order valence-electron chi connectivity index (χ2n) is 6.10. The normalized spacial score (nSPS) is 10.8. The first-order valence-corrected chi connectivity index (χ1v) is 8.38. The van der Waals surface area contributed by atoms with Crippen LogP contribution in [0.25, 0.3) is 10.9 Å². The van der Waals surface area contributed by atoms with E-state index in [0.717, 1.165) is 39.6 Å². The molecule has 0 saturated carbocycles. The van der Waals surface area contributed by atoms with Crippen molar-refractivity contribution in [1.82, 2.24) is 4.98 Å². The van der Waals surface area contributed by atoms with Gasteiger partial charge in [-0.1, -0.05) is 0 Å². The third-order valence-corrected chi connectivity index (χ3v) is 4.06. The van der Waals surface area contributed by atoms with Crippen LogP contribution in [0, 0.1) is 12.7 Å². The first-order chi connectivity index (χ1) is 12.7. The van der Waals surface area contributed by atoms with Gasteiger partial charge < -0.3 is 15.1 Å². The van der Waals surface area contributed by atoms with Crippen LogP contribution in [-0.4, -0.2) is 4.98 Å². The fourth-order valence-corrected chi connectivity index (χ4v) is 2.76. The zero-order valence-corrected chi connectivity index (χ0v) is 14.3. The molecule has 0 aliphatic carbocycles. The van der Waals surface area contributed by atoms with Gasteiger partial charge >= 0.3 is 0 Å². The number of fused-ring (bicyclic) bond motifs is 1. The molecule has 130 valence electrons. The number of benzene rings is 2. The molecule has 4 rings (SSSR count). The molecule has 2 aromatic heterocycles. The lowest BCUT2D eigenvalue weighted by Crippen LogP contribution is -2.00. The summed E-state index contributed by atoms with van der Waals surface area (Å²) in [4.78, 5) is 4.63. The summed E-state index contributed by atoms with van der Waals surface area (Å²) in [6, 6.07) is 20.1. The fraction of sp³-hybridized carbons (Fsp3) is 0.0952. The number of hydrogen-bond donors (Lipinski definition) is 2. The average Bonchev–Trinajstić information content (AvgIpc) is 3.07. The van der Waals surface area contributed by atoms with Crippen molar-refractivity contribution >= 4 is 28.1 Å². The Hall–Kier alpha value is -3.34. The molecule has 0 atom stereocenters. The van der Waals surface area contributed by atoms with E-state index in [9.17, 15) is 4.39 Å². The summed E-state index contributed by atoms with van der Waals surface area (Å²) in [6.45, 7) is 2.52. The molecule has 0 aliphatic heterocycles. The van der Waals surface area contributed by atoms with E-state index in [2.05, 4.69) is 15.6 Å². The van der Waals surface area contributed by atoms with Gasteiger partial charge in [-0.05, 0) is 73.7 Å². The van der Waals surface area contributed by atoms with E-state index < -0.39 is 0 Å². The Morgan fingerprint density at radius 2 is 1.73 bits per heavy atom. The maximum absolute atomic E-state index is 13.0. The first-order valence-electron chi connectivity index (χ1n) is 8.38. The highest BCUT2D eigenvalue weighted by atomic mass is 19.1. The van der Waals surface area contributed by atoms with Crippen molar-refractivity contribution in [2.24, 2.45) is 0 Å². The van der Waals surface area contributed by atoms with Gasteiger partial charge in [0, 0.05) is 16.8 Å². The van der Waals surface area contributed by atoms with Crippen molar-refractivity contribution in [3.8, 4) is 0 Å². The smallest absolute Gasteiger partial charge is 0.127 e. The minimum Gasteiger partial charge on any atom is -0.465 e. The van der Waals surface area contributed by atoms with Gasteiger partial charge in [-0.3, -0.25) is 0 Å². The Kier molecular flexibility index (Phi) is 4.27. The van der Waals surface area contributed by atoms with Crippen LogP contribution in [0.4, 0.5) is 21.6 Å². The van der Waals surface area contributed by atoms with E-state index in [-0.39, 0.29) is 5.82 Å². The summed E-state index contributed by atoms with van der Waals surface area (Å²) < 4.78 is 18.5. The van der Waals surface area contributed by atoms with E-state index >= 15 is 0 Å². The van der Waals surface area contributed by atoms with Crippen LogP contribution < -0.4 is 10.6 Å². The summed E-state index contributed by atoms with van der Waals surface area (Å²) in [5.41, 5.74) is 2.67. The summed E-state index contributed by atoms with van der Waals surface area (Å²) in [6.07, 6.45) is 0. The molecule has 0 bridgehead atoms. The monoisotopic (exact) mass is 347 g/mol. The van der Waals surface area contributed by atoms with Crippen LogP contribution in [0.2, 0.25) is 0 Å². The van der Waals surface area contributed by atoms with Gasteiger partial charge in [0.05, 0.1) is 12.1 Å². The maximum Gasteiger partial charge on any atom is 0.127 e. The second kappa shape index (κ2) is 6.88. The van der Waals surface area contributed by atoms with Gasteiger partial charge in [0.25, 0.3) is 0 Å². The maximum atomic E-state index is 13.0. The summed E-state index contributed by atoms with van der Waals surface area (Å²) >= 11 is 0. The molecule has 0 saturated heterocycles. The number of pyridine rings is 1. The molecule has 0 radical (unpaired) electrons. The number of aryl methyl sites for hydroxylation is 1. The quantitative estimate of drug-likeness (QED) is 0.491. The van der Waals surface area contributed by atoms with Crippen LogP contribution in [0.3, 0.4) is 0 Å². The lowest BCUT2D eigenvalue weighted by Gasteiger charge is -2.09. The summed E-state index contributed by atoms with van der Waals surface area (Å²) in [5, 5.41) is 7.56. The molecule has 2 aromatic carbocycles. The molecule has 2 N–H and O–H groups in total. The standard InChI is InChI=1S/C21H18FN3O/c1-14-2-9-19(26-14)13-23-21-11-3-15-12-18(8-10-20(15)25-21)24-17-6-4-16(22)5-7-17/h2-12,24H,13H2,1H3,(H,23,25). The van der Waals surface area contributed by atoms with Crippen molar-refractivity contribution in [3.63, 3.8) is 0 Å². The van der Waals surface area contributed by atoms with E-state index in [0.29, 0.717) is 6.54 Å². The molecule has 4 nitrogen and oxygen atoms in total. The van der Waals surface area contributed by atoms with Gasteiger partial charge in [-0.25, -0.2) is 9.37 Å². The molecule has 5 heteroatoms. The SMILES string of the molecule is Cc1ccc(CNc2ccc3cc(Nc4ccc(F)cc4)ccc3n2)o1. The molecule has 4 aromatic rings. The minimum absolute atomic E-state index is 0.247. The second-order valence-corrected chi connectivity index (χ2v) is 6.10. The molecule has 0 amide bonds. The topological polar surface area (TPSA) is 50.1 Å². The number of nitrogens with one attached hydrogen (secondary N) is 2. The Balaban J connectivity index is 1.49. The van der Waals surface area contributed by atoms with Crippen molar-refractivity contribution in [2.45, 2.75) is 13.5 Å². The van der Waals surface area contributed by atoms with Crippen molar-refractivity contribution < 1.29 is 8.81 Å². The molecular weight excluding hydrogens is 329 g/mol. The van der Waals surface area contributed by atoms with Crippen molar-refractivity contribution in [2.75, 3.05) is 10.6 Å². The average molecular weight is 347 g/mol. The van der Waals surface area contributed by atoms with Crippen LogP contribution in [0.15, 0.2) is 71.1 Å². The van der Waals surface area contributed by atoms with E-state index in [1.54, 1.807) is 12.1 Å². The van der Waals surface area contributed by atoms with Gasteiger partial charge in [0.1, 0.15) is 23.2 Å². The molecule has 0 aliphatic rings. The van der Waals surface area contributed by atoms with Crippen LogP contribution in [0.5, 0.6) is 0 Å². The lowest BCUT2D eigenvalue weighted by atomic mass is 10.2. The van der Waals surface area contributed by atoms with Gasteiger partial charge in [0.15, 0.2) is 0 Å². The third-order valence-electron chi connectivity index (χ3n) is 4.06. The van der Waals surface area contributed by atoms with Crippen LogP contribution in [0.1, 0.15) is 11.5 Å². The number of aromatic nitrogens is 1. The number of hydrogen-bond acceptors (Lipinski definition) is 4. The minimum atomic E-state index is -0.247. The lowest BCUT2D eigenvalue weighted by molar-refractivity contribution is 0.490. The Labute approximate surface area is 150 Å². The van der Waals surface area contributed by atoms with E-state index in [4.69, 9.17) is 4.42 Å². The van der Waals surface area contributed by atoms with Gasteiger partial charge in [-0.15, -0.1) is 0 Å². The molecule has 2 heterocycles. The zero-order chi connectivity index (χ0) is 17.9. The molecule has 0 fully saturated rings. The predicted molar refractivity (Wildman–Crippen MR) is 102 cm³/mol. The zero-order valence-electron chi connectivity index (χ0n) is 14.3. The number of rotatable bonds is 5. The molecule has 0 spiro atoms. The molecule has 26 heavy (non-hydrogen) atoms. The fourth-order valence-electron chi connectivity index (χ4n) is 2.76. The van der Waals surface area contributed by atoms with Crippen LogP contribution in [-0.2, 0) is 6.54 Å². The van der Waals surface area contributed by atoms with Crippen LogP contribution >= 0.6 is 0 Å². The third kappa shape index (κ3) is 3.67. The Morgan fingerprint density at radius 1 is 0.923 bits per heavy atom. The first kappa shape index (κ1) is 16.1. The van der Waals surface area contributed by atoms with Gasteiger partial charge in [0.2, 0.25) is 0 Å². The number of anilines is 3. The summed E-state index contributed by atoms with van der Waals surface area (Å²) in [7, 11) is 0. The Bertz CT molecular complexity index is 1040. The van der Waals surface area contributed by atoms with Crippen molar-refractivity contribution in [3.05, 3.63) is 84.1 Å². The molecular formula is C21H18FN3O. The highest BCUT2D eigenvalue weighted by Gasteiger charge is 2.03. The summed E-state index contributed by atoms with van der Waals surface area (Å²) in [5.74, 6) is 2.33. The molecule has 0 unspecified atom stereocenters. The highest BCUT2D eigenvalue weighted by molar-refractivity contribution is 5.84. The van der Waals surface area contributed by atoms with Gasteiger partial charge in [-0.2, -0.15) is 0 Å². The number of nitrogens with zero attached hydrogens (tertiary/aromatic N) is 1. The van der Waals surface area contributed by atoms with Crippen molar-refractivity contribution in [1.29, 1.82) is 0 Å². The Morgan fingerprint density at radius 3 is 2.50 bits per heavy atom. The van der Waals surface area contributed by atoms with E-state index in [1.807, 2.05) is 49.4 Å². The largest absolute Gasteiger partial charge is 0.465 e. The number of halogens is 1. The number of furan rings is 1. The highest BCUT2D eigenvalue weighted by Crippen LogP contribution is 2.23. The predicted octanol–water partition coefficient (Wildman–Crippen LogP) is 5.63.